The molecule has 0 saturated carbocycles. The van der Waals surface area contributed by atoms with Gasteiger partial charge in [0.25, 0.3) is 0 Å². The highest BCUT2D eigenvalue weighted by atomic mass is 32.2. The molecule has 1 atom stereocenters. The summed E-state index contributed by atoms with van der Waals surface area (Å²) in [6.45, 7) is 0. The second kappa shape index (κ2) is 6.19. The Balaban J connectivity index is 2.42. The van der Waals surface area contributed by atoms with E-state index in [0.717, 1.165) is 29.2 Å². The Kier molecular flexibility index (Phi) is 4.58. The molecule has 0 fully saturated rings. The van der Waals surface area contributed by atoms with Crippen LogP contribution in [0.3, 0.4) is 0 Å². The average molecular weight is 281 g/mol. The monoisotopic (exact) mass is 281 g/mol. The van der Waals surface area contributed by atoms with E-state index in [2.05, 4.69) is 11.6 Å². The van der Waals surface area contributed by atoms with Crippen molar-refractivity contribution < 1.29 is 14.3 Å². The van der Waals surface area contributed by atoms with Gasteiger partial charge in [-0.1, -0.05) is 0 Å². The van der Waals surface area contributed by atoms with Crippen molar-refractivity contribution in [1.29, 1.82) is 0 Å². The minimum atomic E-state index is 0.0638. The second-order valence-electron chi connectivity index (χ2n) is 4.52. The molecule has 2 rings (SSSR count). The number of ether oxygens (including phenoxy) is 2. The van der Waals surface area contributed by atoms with Crippen LogP contribution in [0.2, 0.25) is 0 Å². The first-order chi connectivity index (χ1) is 9.19. The Morgan fingerprint density at radius 2 is 2.16 bits per heavy atom. The molecule has 1 N–H and O–H groups in total. The molecule has 104 valence electrons. The van der Waals surface area contributed by atoms with E-state index in [-0.39, 0.29) is 11.8 Å². The molecule has 1 aromatic carbocycles. The van der Waals surface area contributed by atoms with Gasteiger partial charge in [-0.2, -0.15) is 11.8 Å². The number of anilines is 1. The van der Waals surface area contributed by atoms with E-state index in [1.165, 1.54) is 0 Å². The van der Waals surface area contributed by atoms with Gasteiger partial charge >= 0.3 is 0 Å². The van der Waals surface area contributed by atoms with Crippen LogP contribution in [-0.2, 0) is 4.79 Å². The van der Waals surface area contributed by atoms with Crippen molar-refractivity contribution in [3.05, 3.63) is 17.7 Å². The lowest BCUT2D eigenvalue weighted by Crippen LogP contribution is -2.24. The van der Waals surface area contributed by atoms with Crippen LogP contribution in [0.1, 0.15) is 24.3 Å². The van der Waals surface area contributed by atoms with Crippen molar-refractivity contribution in [3.63, 3.8) is 0 Å². The molecule has 1 aliphatic heterocycles. The van der Waals surface area contributed by atoms with Crippen LogP contribution < -0.4 is 14.8 Å². The summed E-state index contributed by atoms with van der Waals surface area (Å²) >= 11 is 1.80. The molecule has 1 aromatic rings. The first kappa shape index (κ1) is 14.1. The predicted octanol–water partition coefficient (Wildman–Crippen LogP) is 2.88. The number of carbonyl (C=O) groups excluding carboxylic acids is 1. The van der Waals surface area contributed by atoms with Crippen molar-refractivity contribution >= 4 is 23.4 Å². The molecule has 1 amide bonds. The van der Waals surface area contributed by atoms with Gasteiger partial charge in [-0.25, -0.2) is 0 Å². The zero-order chi connectivity index (χ0) is 13.8. The van der Waals surface area contributed by atoms with E-state index >= 15 is 0 Å². The Hall–Kier alpha value is -1.36. The normalized spacial score (nSPS) is 17.6. The van der Waals surface area contributed by atoms with Gasteiger partial charge in [0.1, 0.15) is 11.5 Å². The summed E-state index contributed by atoms with van der Waals surface area (Å²) in [5.41, 5.74) is 1.91. The molecule has 0 spiro atoms. The molecule has 0 unspecified atom stereocenters. The lowest BCUT2D eigenvalue weighted by Gasteiger charge is -2.27. The Labute approximate surface area is 117 Å². The van der Waals surface area contributed by atoms with Crippen molar-refractivity contribution in [2.24, 2.45) is 0 Å². The third-order valence-corrected chi connectivity index (χ3v) is 4.00. The van der Waals surface area contributed by atoms with E-state index in [1.807, 2.05) is 12.1 Å². The Morgan fingerprint density at radius 3 is 2.79 bits per heavy atom. The number of thioether (sulfide) groups is 1. The summed E-state index contributed by atoms with van der Waals surface area (Å²) < 4.78 is 10.7. The largest absolute Gasteiger partial charge is 0.497 e. The molecular formula is C14H19NO3S. The van der Waals surface area contributed by atoms with Crippen LogP contribution in [0.25, 0.3) is 0 Å². The number of rotatable bonds is 5. The predicted molar refractivity (Wildman–Crippen MR) is 78.5 cm³/mol. The molecule has 1 heterocycles. The Morgan fingerprint density at radius 1 is 1.37 bits per heavy atom. The Bertz CT molecular complexity index is 476. The van der Waals surface area contributed by atoms with E-state index in [9.17, 15) is 4.79 Å². The van der Waals surface area contributed by atoms with Crippen LogP contribution in [-0.4, -0.2) is 32.1 Å². The molecule has 0 saturated heterocycles. The average Bonchev–Trinajstić information content (AvgIpc) is 2.42. The number of hydrogen-bond acceptors (Lipinski definition) is 4. The van der Waals surface area contributed by atoms with Gasteiger partial charge in [-0.15, -0.1) is 0 Å². The van der Waals surface area contributed by atoms with Gasteiger partial charge in [-0.05, 0) is 24.3 Å². The minimum absolute atomic E-state index is 0.0638. The maximum Gasteiger partial charge on any atom is 0.225 e. The first-order valence-corrected chi connectivity index (χ1v) is 7.63. The van der Waals surface area contributed by atoms with Gasteiger partial charge in [0.05, 0.1) is 19.9 Å². The zero-order valence-electron chi connectivity index (χ0n) is 11.5. The van der Waals surface area contributed by atoms with Gasteiger partial charge < -0.3 is 14.8 Å². The van der Waals surface area contributed by atoms with Crippen LogP contribution >= 0.6 is 11.8 Å². The summed E-state index contributed by atoms with van der Waals surface area (Å²) in [5, 5.41) is 2.91. The maximum absolute atomic E-state index is 11.8. The third kappa shape index (κ3) is 2.97. The van der Waals surface area contributed by atoms with E-state index < -0.39 is 0 Å². The van der Waals surface area contributed by atoms with Gasteiger partial charge in [0.2, 0.25) is 5.91 Å². The maximum atomic E-state index is 11.8. The number of amides is 1. The van der Waals surface area contributed by atoms with Crippen molar-refractivity contribution in [2.45, 2.75) is 18.8 Å². The quantitative estimate of drug-likeness (QED) is 0.901. The van der Waals surface area contributed by atoms with Gasteiger partial charge in [-0.3, -0.25) is 4.79 Å². The van der Waals surface area contributed by atoms with Crippen LogP contribution in [0.4, 0.5) is 5.69 Å². The highest BCUT2D eigenvalue weighted by molar-refractivity contribution is 7.98. The first-order valence-electron chi connectivity index (χ1n) is 6.24. The zero-order valence-corrected chi connectivity index (χ0v) is 12.3. The molecule has 5 heteroatoms. The lowest BCUT2D eigenvalue weighted by molar-refractivity contribution is -0.116. The van der Waals surface area contributed by atoms with Gasteiger partial charge in [0.15, 0.2) is 0 Å². The second-order valence-corrected chi connectivity index (χ2v) is 5.51. The summed E-state index contributed by atoms with van der Waals surface area (Å²) in [6, 6.07) is 3.74. The third-order valence-electron chi connectivity index (χ3n) is 3.36. The molecule has 0 radical (unpaired) electrons. The molecule has 0 aliphatic carbocycles. The fourth-order valence-corrected chi connectivity index (χ4v) is 2.97. The number of nitrogens with one attached hydrogen (secondary N) is 1. The SMILES string of the molecule is COc1cc2c(c(OC)c1)[C@H](CCSC)CC(=O)N2. The number of benzene rings is 1. The summed E-state index contributed by atoms with van der Waals surface area (Å²) in [4.78, 5) is 11.8. The molecule has 4 nitrogen and oxygen atoms in total. The van der Waals surface area contributed by atoms with E-state index in [0.29, 0.717) is 12.2 Å². The number of hydrogen-bond donors (Lipinski definition) is 1. The summed E-state index contributed by atoms with van der Waals surface area (Å²) in [5.74, 6) is 2.81. The summed E-state index contributed by atoms with van der Waals surface area (Å²) in [7, 11) is 3.26. The molecule has 0 aromatic heterocycles. The fourth-order valence-electron chi connectivity index (χ4n) is 2.45. The van der Waals surface area contributed by atoms with E-state index in [4.69, 9.17) is 9.47 Å². The molecular weight excluding hydrogens is 262 g/mol. The minimum Gasteiger partial charge on any atom is -0.497 e. The smallest absolute Gasteiger partial charge is 0.225 e. The summed E-state index contributed by atoms with van der Waals surface area (Å²) in [6.07, 6.45) is 3.58. The number of carbonyl (C=O) groups is 1. The number of fused-ring (bicyclic) bond motifs is 1. The van der Waals surface area contributed by atoms with E-state index in [1.54, 1.807) is 26.0 Å². The molecule has 19 heavy (non-hydrogen) atoms. The standard InChI is InChI=1S/C14H19NO3S/c1-17-10-7-11-14(12(8-10)18-2)9(4-5-19-3)6-13(16)15-11/h7-9H,4-6H2,1-3H3,(H,15,16)/t9-/m1/s1. The highest BCUT2D eigenvalue weighted by Gasteiger charge is 2.28. The van der Waals surface area contributed by atoms with Crippen LogP contribution in [0.5, 0.6) is 11.5 Å². The van der Waals surface area contributed by atoms with Crippen molar-refractivity contribution in [3.8, 4) is 11.5 Å². The highest BCUT2D eigenvalue weighted by Crippen LogP contribution is 2.43. The van der Waals surface area contributed by atoms with Crippen LogP contribution in [0.15, 0.2) is 12.1 Å². The van der Waals surface area contributed by atoms with Crippen molar-refractivity contribution in [1.82, 2.24) is 0 Å². The van der Waals surface area contributed by atoms with Gasteiger partial charge in [0, 0.05) is 24.1 Å². The van der Waals surface area contributed by atoms with Crippen LogP contribution in [0, 0.1) is 0 Å². The lowest BCUT2D eigenvalue weighted by atomic mass is 9.87. The molecule has 0 bridgehead atoms. The number of methoxy groups -OCH3 is 2. The topological polar surface area (TPSA) is 47.6 Å². The van der Waals surface area contributed by atoms with Crippen molar-refractivity contribution in [2.75, 3.05) is 31.5 Å². The fraction of sp³-hybridized carbons (Fsp3) is 0.500. The molecule has 1 aliphatic rings.